The first kappa shape index (κ1) is 54.6. The van der Waals surface area contributed by atoms with E-state index < -0.39 is 20.0 Å². The lowest BCUT2D eigenvalue weighted by Crippen LogP contribution is -2.47. The van der Waals surface area contributed by atoms with Crippen LogP contribution in [0.5, 0.6) is 0 Å². The number of para-hydroxylation sites is 1. The Balaban J connectivity index is 0.000000244. The van der Waals surface area contributed by atoms with Gasteiger partial charge in [-0.1, -0.05) is 81.3 Å². The topological polar surface area (TPSA) is 201 Å². The van der Waals surface area contributed by atoms with Crippen LogP contribution in [0.15, 0.2) is 120 Å². The highest BCUT2D eigenvalue weighted by atomic mass is 35.5. The van der Waals surface area contributed by atoms with Gasteiger partial charge in [-0.2, -0.15) is 0 Å². The standard InChI is InChI=1S/C35H47N7O3S.C18H21N5O2S.ClH/c1-25(2)20-40(21-26(3)4)22-28-9-6-7-11-32(28)36-19-33(43)41-17-8-10-29(23-41)39-34-31-16-18-42(35(31)38-24-37-34)46(44,45)30-14-12-27(5)13-15-30;1-13-4-6-15(7-5-13)26(24,25)23-10-8-16-17(20-12-21-18(16)23)22-14-3-2-9-19-11-14;/h6-7,9,11-16,18,24-26,29,36H,8,10,17,19-23H2,1-5H3,(H,37,38,39);4-8,10,12,14,19H,2-3,9,11H2,1H3,(H,20,21,22);1H/t29-;14-;/m11./s1. The molecule has 6 heterocycles. The largest absolute Gasteiger partial charge is 0.376 e. The van der Waals surface area contributed by atoms with Gasteiger partial charge in [0.05, 0.1) is 27.1 Å². The van der Waals surface area contributed by atoms with E-state index in [1.165, 1.54) is 32.4 Å². The van der Waals surface area contributed by atoms with E-state index in [1.807, 2.05) is 24.8 Å². The van der Waals surface area contributed by atoms with Crippen LogP contribution in [0.1, 0.15) is 70.1 Å². The van der Waals surface area contributed by atoms with Crippen molar-refractivity contribution < 1.29 is 21.6 Å². The zero-order valence-electron chi connectivity index (χ0n) is 42.5. The van der Waals surface area contributed by atoms with Gasteiger partial charge < -0.3 is 26.2 Å². The van der Waals surface area contributed by atoms with Crippen LogP contribution in [0.2, 0.25) is 0 Å². The number of likely N-dealkylation sites (tertiary alicyclic amines) is 1. The molecule has 2 aliphatic rings. The van der Waals surface area contributed by atoms with Crippen molar-refractivity contribution in [2.45, 2.75) is 95.6 Å². The van der Waals surface area contributed by atoms with E-state index in [0.717, 1.165) is 75.2 Å². The first-order valence-corrected chi connectivity index (χ1v) is 27.8. The Morgan fingerprint density at radius 3 is 1.74 bits per heavy atom. The second kappa shape index (κ2) is 24.3. The number of aromatic nitrogens is 6. The van der Waals surface area contributed by atoms with E-state index in [-0.39, 0.29) is 46.7 Å². The number of aryl methyl sites for hydroxylation is 2. The van der Waals surface area contributed by atoms with Crippen LogP contribution in [0, 0.1) is 25.7 Å². The number of piperidine rings is 2. The van der Waals surface area contributed by atoms with Gasteiger partial charge in [-0.3, -0.25) is 9.69 Å². The number of benzene rings is 3. The molecule has 3 aromatic carbocycles. The van der Waals surface area contributed by atoms with Crippen LogP contribution in [0.25, 0.3) is 22.1 Å². The summed E-state index contributed by atoms with van der Waals surface area (Å²) in [5.74, 6) is 2.42. The second-order valence-electron chi connectivity index (χ2n) is 19.8. The molecule has 4 aromatic heterocycles. The zero-order chi connectivity index (χ0) is 51.0. The molecule has 73 heavy (non-hydrogen) atoms. The van der Waals surface area contributed by atoms with Crippen molar-refractivity contribution in [2.24, 2.45) is 11.8 Å². The van der Waals surface area contributed by atoms with Gasteiger partial charge in [0.2, 0.25) is 5.91 Å². The van der Waals surface area contributed by atoms with Gasteiger partial charge in [0.1, 0.15) is 24.3 Å². The van der Waals surface area contributed by atoms with Crippen molar-refractivity contribution in [3.8, 4) is 0 Å². The molecule has 0 aliphatic carbocycles. The maximum Gasteiger partial charge on any atom is 0.269 e. The fourth-order valence-electron chi connectivity index (χ4n) is 9.40. The molecule has 390 valence electrons. The van der Waals surface area contributed by atoms with Crippen LogP contribution in [0.4, 0.5) is 17.3 Å². The predicted octanol–water partition coefficient (Wildman–Crippen LogP) is 8.17. The summed E-state index contributed by atoms with van der Waals surface area (Å²) in [5.41, 5.74) is 4.87. The van der Waals surface area contributed by atoms with Crippen molar-refractivity contribution in [2.75, 3.05) is 61.8 Å². The average molecular weight is 1050 g/mol. The molecule has 0 unspecified atom stereocenters. The van der Waals surface area contributed by atoms with Gasteiger partial charge >= 0.3 is 0 Å². The van der Waals surface area contributed by atoms with E-state index >= 15 is 0 Å². The lowest BCUT2D eigenvalue weighted by molar-refractivity contribution is -0.130. The normalized spacial score (nSPS) is 16.3. The molecule has 0 bridgehead atoms. The Labute approximate surface area is 436 Å². The molecule has 17 nitrogen and oxygen atoms in total. The van der Waals surface area contributed by atoms with Crippen LogP contribution >= 0.6 is 12.4 Å². The highest BCUT2D eigenvalue weighted by Gasteiger charge is 2.27. The molecule has 4 N–H and O–H groups in total. The van der Waals surface area contributed by atoms with Gasteiger partial charge in [0, 0.05) is 69.4 Å². The number of carbonyl (C=O) groups is 1. The van der Waals surface area contributed by atoms with Gasteiger partial charge in [-0.15, -0.1) is 12.4 Å². The Kier molecular flexibility index (Phi) is 18.2. The number of anilines is 3. The summed E-state index contributed by atoms with van der Waals surface area (Å²) in [6, 6.07) is 25.6. The number of rotatable bonds is 17. The molecule has 2 fully saturated rings. The SMILES string of the molecule is Cc1ccc(S(=O)(=O)n2ccc3c(N[C@@H]4CCCN(C(=O)CNc5ccccc5CN(CC(C)C)CC(C)C)C4)ncnc32)cc1.Cc1ccc(S(=O)(=O)n2ccc3c(N[C@@H]4CCCNC4)ncnc32)cc1.Cl. The maximum atomic E-state index is 13.4. The van der Waals surface area contributed by atoms with E-state index in [1.54, 1.807) is 66.9 Å². The summed E-state index contributed by atoms with van der Waals surface area (Å²) in [4.78, 5) is 35.5. The maximum absolute atomic E-state index is 13.4. The van der Waals surface area contributed by atoms with Crippen LogP contribution in [-0.2, 0) is 31.4 Å². The molecule has 7 aromatic rings. The molecular weight excluding hydrogens is 984 g/mol. The van der Waals surface area contributed by atoms with Crippen molar-refractivity contribution in [3.63, 3.8) is 0 Å². The van der Waals surface area contributed by atoms with Crippen molar-refractivity contribution >= 4 is 77.8 Å². The zero-order valence-corrected chi connectivity index (χ0v) is 45.0. The number of fused-ring (bicyclic) bond motifs is 2. The third kappa shape index (κ3) is 13.4. The first-order valence-electron chi connectivity index (χ1n) is 24.9. The molecule has 2 saturated heterocycles. The smallest absolute Gasteiger partial charge is 0.269 e. The number of nitrogens with one attached hydrogen (secondary N) is 4. The van der Waals surface area contributed by atoms with E-state index in [0.29, 0.717) is 58.6 Å². The Bertz CT molecular complexity index is 3170. The minimum absolute atomic E-state index is 0. The number of hydrogen-bond donors (Lipinski definition) is 4. The molecule has 9 rings (SSSR count). The minimum atomic E-state index is -3.82. The fraction of sp³-hybridized carbons (Fsp3) is 0.415. The van der Waals surface area contributed by atoms with Crippen molar-refractivity contribution in [1.29, 1.82) is 0 Å². The molecule has 2 aliphatic heterocycles. The van der Waals surface area contributed by atoms with E-state index in [2.05, 4.69) is 92.0 Å². The predicted molar refractivity (Wildman–Crippen MR) is 292 cm³/mol. The summed E-state index contributed by atoms with van der Waals surface area (Å²) in [7, 11) is -7.53. The quantitative estimate of drug-likeness (QED) is 0.0681. The summed E-state index contributed by atoms with van der Waals surface area (Å²) in [6.45, 7) is 19.1. The first-order chi connectivity index (χ1) is 34.6. The molecular formula is C53H69ClN12O5S2. The monoisotopic (exact) mass is 1050 g/mol. The van der Waals surface area contributed by atoms with Gasteiger partial charge in [0.15, 0.2) is 11.3 Å². The van der Waals surface area contributed by atoms with Crippen molar-refractivity contribution in [1.82, 2.24) is 43.0 Å². The third-order valence-electron chi connectivity index (χ3n) is 12.9. The lowest BCUT2D eigenvalue weighted by atomic mass is 10.1. The fourth-order valence-corrected chi connectivity index (χ4v) is 12.0. The van der Waals surface area contributed by atoms with E-state index in [4.69, 9.17) is 0 Å². The number of nitrogens with zero attached hydrogens (tertiary/aromatic N) is 8. The number of hydrogen-bond acceptors (Lipinski definition) is 14. The Hall–Kier alpha value is -6.12. The summed E-state index contributed by atoms with van der Waals surface area (Å²) < 4.78 is 55.2. The number of halogens is 1. The summed E-state index contributed by atoms with van der Waals surface area (Å²) in [5, 5.41) is 15.0. The highest BCUT2D eigenvalue weighted by Crippen LogP contribution is 2.29. The van der Waals surface area contributed by atoms with Gasteiger partial charge in [-0.25, -0.2) is 44.7 Å². The number of amides is 1. The molecule has 20 heteroatoms. The molecule has 2 atom stereocenters. The van der Waals surface area contributed by atoms with Crippen LogP contribution < -0.4 is 21.3 Å². The number of carbonyl (C=O) groups excluding carboxylic acids is 1. The average Bonchev–Trinajstić information content (AvgIpc) is 4.02. The second-order valence-corrected chi connectivity index (χ2v) is 23.4. The lowest BCUT2D eigenvalue weighted by Gasteiger charge is -2.34. The molecule has 0 radical (unpaired) electrons. The van der Waals surface area contributed by atoms with E-state index in [9.17, 15) is 21.6 Å². The third-order valence-corrected chi connectivity index (χ3v) is 16.3. The highest BCUT2D eigenvalue weighted by molar-refractivity contribution is 7.90. The summed E-state index contributed by atoms with van der Waals surface area (Å²) >= 11 is 0. The van der Waals surface area contributed by atoms with Crippen LogP contribution in [0.3, 0.4) is 0 Å². The Morgan fingerprint density at radius 1 is 0.699 bits per heavy atom. The Morgan fingerprint density at radius 2 is 1.22 bits per heavy atom. The summed E-state index contributed by atoms with van der Waals surface area (Å²) in [6.07, 6.45) is 9.73. The van der Waals surface area contributed by atoms with Crippen LogP contribution in [-0.4, -0.2) is 118 Å². The van der Waals surface area contributed by atoms with Crippen molar-refractivity contribution in [3.05, 3.63) is 127 Å². The molecule has 0 saturated carbocycles. The van der Waals surface area contributed by atoms with Gasteiger partial charge in [0.25, 0.3) is 20.0 Å². The molecule has 1 amide bonds. The molecule has 0 spiro atoms. The minimum Gasteiger partial charge on any atom is -0.376 e. The van der Waals surface area contributed by atoms with Gasteiger partial charge in [-0.05, 0) is 106 Å².